The number of rotatable bonds is 5. The highest BCUT2D eigenvalue weighted by Crippen LogP contribution is 2.25. The van der Waals surface area contributed by atoms with Crippen LogP contribution in [-0.2, 0) is 21.4 Å². The van der Waals surface area contributed by atoms with Crippen molar-refractivity contribution in [1.82, 2.24) is 0 Å². The fourth-order valence-electron chi connectivity index (χ4n) is 1.90. The van der Waals surface area contributed by atoms with Gasteiger partial charge in [-0.25, -0.2) is 0 Å². The number of aliphatic carboxylic acids is 1. The first-order valence-electron chi connectivity index (χ1n) is 6.67. The molecule has 2 rings (SSSR count). The zero-order valence-corrected chi connectivity index (χ0v) is 13.8. The number of carboxylic acid groups (broad SMARTS) is 1. The van der Waals surface area contributed by atoms with Gasteiger partial charge in [-0.3, -0.25) is 9.59 Å². The van der Waals surface area contributed by atoms with Gasteiger partial charge in [-0.05, 0) is 43.7 Å². The Kier molecular flexibility index (Phi) is 4.88. The largest absolute Gasteiger partial charge is 0.481 e. The molecule has 0 aliphatic heterocycles. The molecule has 0 saturated carbocycles. The second-order valence-corrected chi connectivity index (χ2v) is 7.24. The fraction of sp³-hybridized carbons (Fsp3) is 0.250. The predicted molar refractivity (Wildman–Crippen MR) is 88.8 cm³/mol. The number of carbonyl (C=O) groups excluding carboxylic acids is 1. The minimum atomic E-state index is -0.962. The molecular formula is C16H16ClNO3S. The molecule has 0 unspecified atom stereocenters. The quantitative estimate of drug-likeness (QED) is 0.868. The molecule has 0 aliphatic carbocycles. The fourth-order valence-corrected chi connectivity index (χ4v) is 2.99. The molecule has 0 fully saturated rings. The summed E-state index contributed by atoms with van der Waals surface area (Å²) in [5.74, 6) is -1.03. The molecule has 1 amide bonds. The Balaban J connectivity index is 2.02. The summed E-state index contributed by atoms with van der Waals surface area (Å²) in [4.78, 5) is 24.0. The zero-order valence-electron chi connectivity index (χ0n) is 12.2. The Morgan fingerprint density at radius 3 is 2.32 bits per heavy atom. The maximum atomic E-state index is 11.9. The van der Waals surface area contributed by atoms with Crippen molar-refractivity contribution < 1.29 is 14.7 Å². The summed E-state index contributed by atoms with van der Waals surface area (Å²) >= 11 is 7.20. The van der Waals surface area contributed by atoms with E-state index in [0.29, 0.717) is 15.6 Å². The number of anilines is 1. The summed E-state index contributed by atoms with van der Waals surface area (Å²) in [6.07, 6.45) is 0.264. The van der Waals surface area contributed by atoms with Crippen LogP contribution in [0.25, 0.3) is 0 Å². The first-order valence-corrected chi connectivity index (χ1v) is 7.86. The molecule has 4 nitrogen and oxygen atoms in total. The maximum absolute atomic E-state index is 11.9. The summed E-state index contributed by atoms with van der Waals surface area (Å²) in [5, 5.41) is 12.0. The highest BCUT2D eigenvalue weighted by atomic mass is 35.5. The van der Waals surface area contributed by atoms with E-state index >= 15 is 0 Å². The smallest absolute Gasteiger partial charge is 0.313 e. The third-order valence-electron chi connectivity index (χ3n) is 3.39. The third-order valence-corrected chi connectivity index (χ3v) is 4.62. The number of hydrogen-bond donors (Lipinski definition) is 2. The van der Waals surface area contributed by atoms with E-state index < -0.39 is 11.4 Å². The van der Waals surface area contributed by atoms with Crippen LogP contribution in [0.4, 0.5) is 5.69 Å². The number of carboxylic acids is 1. The van der Waals surface area contributed by atoms with Crippen LogP contribution in [0.1, 0.15) is 24.3 Å². The Morgan fingerprint density at radius 2 is 1.82 bits per heavy atom. The number of nitrogens with one attached hydrogen (secondary N) is 1. The Bertz CT molecular complexity index is 692. The van der Waals surface area contributed by atoms with Gasteiger partial charge in [0.05, 0.1) is 16.2 Å². The van der Waals surface area contributed by atoms with E-state index in [4.69, 9.17) is 11.6 Å². The number of amides is 1. The van der Waals surface area contributed by atoms with Crippen molar-refractivity contribution in [3.8, 4) is 0 Å². The lowest BCUT2D eigenvalue weighted by atomic mass is 9.85. The van der Waals surface area contributed by atoms with E-state index in [1.165, 1.54) is 11.3 Å². The lowest BCUT2D eigenvalue weighted by Crippen LogP contribution is -2.28. The molecule has 2 N–H and O–H groups in total. The van der Waals surface area contributed by atoms with Crippen LogP contribution in [0.2, 0.25) is 4.34 Å². The Hall–Kier alpha value is -1.85. The van der Waals surface area contributed by atoms with Crippen LogP contribution in [-0.4, -0.2) is 17.0 Å². The normalized spacial score (nSPS) is 11.2. The molecule has 0 radical (unpaired) electrons. The van der Waals surface area contributed by atoms with Gasteiger partial charge in [-0.15, -0.1) is 11.3 Å². The van der Waals surface area contributed by atoms with E-state index in [0.717, 1.165) is 4.88 Å². The van der Waals surface area contributed by atoms with Gasteiger partial charge >= 0.3 is 5.97 Å². The van der Waals surface area contributed by atoms with Crippen molar-refractivity contribution in [3.05, 3.63) is 51.2 Å². The van der Waals surface area contributed by atoms with E-state index in [2.05, 4.69) is 5.32 Å². The van der Waals surface area contributed by atoms with Gasteiger partial charge in [0.25, 0.3) is 0 Å². The molecule has 6 heteroatoms. The first-order chi connectivity index (χ1) is 10.3. The second kappa shape index (κ2) is 6.50. The monoisotopic (exact) mass is 337 g/mol. The van der Waals surface area contributed by atoms with Gasteiger partial charge in [0, 0.05) is 10.6 Å². The minimum Gasteiger partial charge on any atom is -0.481 e. The molecule has 22 heavy (non-hydrogen) atoms. The lowest BCUT2D eigenvalue weighted by molar-refractivity contribution is -0.142. The van der Waals surface area contributed by atoms with Crippen molar-refractivity contribution in [2.24, 2.45) is 0 Å². The van der Waals surface area contributed by atoms with Crippen LogP contribution in [0.3, 0.4) is 0 Å². The third kappa shape index (κ3) is 3.87. The molecule has 1 aromatic heterocycles. The SMILES string of the molecule is CC(C)(C(=O)O)c1ccc(NC(=O)Cc2ccc(Cl)s2)cc1. The maximum Gasteiger partial charge on any atom is 0.313 e. The van der Waals surface area contributed by atoms with Gasteiger partial charge in [0.2, 0.25) is 5.91 Å². The van der Waals surface area contributed by atoms with E-state index in [1.54, 1.807) is 44.2 Å². The van der Waals surface area contributed by atoms with E-state index in [1.807, 2.05) is 6.07 Å². The van der Waals surface area contributed by atoms with Crippen molar-refractivity contribution in [2.75, 3.05) is 5.32 Å². The van der Waals surface area contributed by atoms with Crippen LogP contribution in [0.5, 0.6) is 0 Å². The summed E-state index contributed by atoms with van der Waals surface area (Å²) in [5.41, 5.74) is 0.358. The van der Waals surface area contributed by atoms with Gasteiger partial charge in [-0.2, -0.15) is 0 Å². The average molecular weight is 338 g/mol. The first kappa shape index (κ1) is 16.5. The van der Waals surface area contributed by atoms with Crippen LogP contribution >= 0.6 is 22.9 Å². The topological polar surface area (TPSA) is 66.4 Å². The summed E-state index contributed by atoms with van der Waals surface area (Å²) in [6, 6.07) is 10.4. The summed E-state index contributed by atoms with van der Waals surface area (Å²) in [6.45, 7) is 3.28. The van der Waals surface area contributed by atoms with Gasteiger partial charge < -0.3 is 10.4 Å². The second-order valence-electron chi connectivity index (χ2n) is 5.44. The van der Waals surface area contributed by atoms with E-state index in [-0.39, 0.29) is 12.3 Å². The summed E-state index contributed by atoms with van der Waals surface area (Å²) < 4.78 is 0.656. The van der Waals surface area contributed by atoms with Crippen molar-refractivity contribution in [1.29, 1.82) is 0 Å². The molecule has 0 atom stereocenters. The Labute approximate surface area is 137 Å². The molecule has 1 aromatic carbocycles. The van der Waals surface area contributed by atoms with Crippen LogP contribution in [0, 0.1) is 0 Å². The van der Waals surface area contributed by atoms with Gasteiger partial charge in [0.15, 0.2) is 0 Å². The molecular weight excluding hydrogens is 322 g/mol. The molecule has 0 aliphatic rings. The summed E-state index contributed by atoms with van der Waals surface area (Å²) in [7, 11) is 0. The average Bonchev–Trinajstić information content (AvgIpc) is 2.84. The number of halogens is 1. The molecule has 2 aromatic rings. The van der Waals surface area contributed by atoms with Crippen molar-refractivity contribution >= 4 is 40.5 Å². The lowest BCUT2D eigenvalue weighted by Gasteiger charge is -2.19. The standard InChI is InChI=1S/C16H16ClNO3S/c1-16(2,15(20)21)10-3-5-11(6-4-10)18-14(19)9-12-7-8-13(17)22-12/h3-8H,9H2,1-2H3,(H,18,19)(H,20,21). The molecule has 1 heterocycles. The molecule has 0 bridgehead atoms. The minimum absolute atomic E-state index is 0.135. The number of hydrogen-bond acceptors (Lipinski definition) is 3. The van der Waals surface area contributed by atoms with Crippen molar-refractivity contribution in [3.63, 3.8) is 0 Å². The number of benzene rings is 1. The molecule has 0 saturated heterocycles. The highest BCUT2D eigenvalue weighted by Gasteiger charge is 2.29. The van der Waals surface area contributed by atoms with Crippen LogP contribution in [0.15, 0.2) is 36.4 Å². The zero-order chi connectivity index (χ0) is 16.3. The van der Waals surface area contributed by atoms with E-state index in [9.17, 15) is 14.7 Å². The Morgan fingerprint density at radius 1 is 1.18 bits per heavy atom. The van der Waals surface area contributed by atoms with Gasteiger partial charge in [0.1, 0.15) is 0 Å². The predicted octanol–water partition coefficient (Wildman–Crippen LogP) is 3.94. The van der Waals surface area contributed by atoms with Crippen LogP contribution < -0.4 is 5.32 Å². The van der Waals surface area contributed by atoms with Crippen molar-refractivity contribution in [2.45, 2.75) is 25.7 Å². The number of thiophene rings is 1. The molecule has 116 valence electrons. The highest BCUT2D eigenvalue weighted by molar-refractivity contribution is 7.16. The molecule has 0 spiro atoms. The number of carbonyl (C=O) groups is 2. The van der Waals surface area contributed by atoms with Gasteiger partial charge in [-0.1, -0.05) is 23.7 Å².